The van der Waals surface area contributed by atoms with Crippen molar-refractivity contribution < 1.29 is 17.9 Å². The van der Waals surface area contributed by atoms with Crippen LogP contribution < -0.4 is 11.1 Å². The van der Waals surface area contributed by atoms with Gasteiger partial charge < -0.3 is 15.8 Å². The van der Waals surface area contributed by atoms with Crippen molar-refractivity contribution in [2.45, 2.75) is 19.4 Å². The number of carbonyl (C=O) groups is 1. The molecule has 0 unspecified atom stereocenters. The molecule has 1 atom stereocenters. The van der Waals surface area contributed by atoms with Crippen molar-refractivity contribution in [2.24, 2.45) is 5.92 Å². The van der Waals surface area contributed by atoms with Gasteiger partial charge in [-0.3, -0.25) is 4.79 Å². The highest BCUT2D eigenvalue weighted by Crippen LogP contribution is 2.22. The van der Waals surface area contributed by atoms with Crippen molar-refractivity contribution >= 4 is 33.4 Å². The van der Waals surface area contributed by atoms with Crippen LogP contribution in [-0.4, -0.2) is 40.8 Å². The van der Waals surface area contributed by atoms with Gasteiger partial charge in [0.1, 0.15) is 0 Å². The largest absolute Gasteiger partial charge is 0.457 e. The average Bonchev–Trinajstić information content (AvgIpc) is 2.92. The number of rotatable bonds is 6. The lowest BCUT2D eigenvalue weighted by molar-refractivity contribution is -0.146. The molecule has 138 valence electrons. The van der Waals surface area contributed by atoms with Crippen LogP contribution in [0.1, 0.15) is 18.7 Å². The minimum absolute atomic E-state index is 0.00589. The number of nitrogens with zero attached hydrogens (tertiary/aromatic N) is 3. The predicted molar refractivity (Wildman–Crippen MR) is 95.1 cm³/mol. The third-order valence-corrected chi connectivity index (χ3v) is 5.71. The van der Waals surface area contributed by atoms with Gasteiger partial charge in [0.25, 0.3) is 0 Å². The summed E-state index contributed by atoms with van der Waals surface area (Å²) in [5, 5.41) is 2.99. The fourth-order valence-electron chi connectivity index (χ4n) is 2.68. The zero-order valence-corrected chi connectivity index (χ0v) is 14.8. The van der Waals surface area contributed by atoms with Crippen molar-refractivity contribution in [1.29, 1.82) is 0 Å². The van der Waals surface area contributed by atoms with Crippen LogP contribution in [0.4, 0.5) is 17.6 Å². The molecule has 26 heavy (non-hydrogen) atoms. The zero-order valence-electron chi connectivity index (χ0n) is 14.0. The number of hydrogen-bond donors (Lipinski definition) is 2. The van der Waals surface area contributed by atoms with Gasteiger partial charge in [0.15, 0.2) is 22.3 Å². The van der Waals surface area contributed by atoms with E-state index in [4.69, 9.17) is 10.5 Å². The maximum atomic E-state index is 11.9. The molecule has 0 aliphatic carbocycles. The number of nitrogens with two attached hydrogens (primary N) is 1. The summed E-state index contributed by atoms with van der Waals surface area (Å²) >= 11 is 0. The van der Waals surface area contributed by atoms with Gasteiger partial charge in [-0.1, -0.05) is 18.2 Å². The van der Waals surface area contributed by atoms with Crippen LogP contribution in [0.5, 0.6) is 0 Å². The van der Waals surface area contributed by atoms with Crippen LogP contribution >= 0.6 is 0 Å². The highest BCUT2D eigenvalue weighted by molar-refractivity contribution is 7.91. The molecule has 10 heteroatoms. The van der Waals surface area contributed by atoms with Gasteiger partial charge in [0.05, 0.1) is 11.5 Å². The molecule has 0 amide bonds. The molecule has 1 aromatic carbocycles. The second-order valence-electron chi connectivity index (χ2n) is 6.06. The van der Waals surface area contributed by atoms with Crippen LogP contribution in [-0.2, 0) is 26.0 Å². The Labute approximate surface area is 150 Å². The monoisotopic (exact) mass is 377 g/mol. The number of benzene rings is 1. The molecule has 0 bridgehead atoms. The average molecular weight is 377 g/mol. The lowest BCUT2D eigenvalue weighted by atomic mass is 10.1. The van der Waals surface area contributed by atoms with Crippen LogP contribution in [0.3, 0.4) is 0 Å². The van der Waals surface area contributed by atoms with E-state index in [0.717, 1.165) is 5.69 Å². The summed E-state index contributed by atoms with van der Waals surface area (Å²) in [5.41, 5.74) is 6.45. The first-order valence-electron chi connectivity index (χ1n) is 8.08. The molecule has 9 nitrogen and oxygen atoms in total. The Morgan fingerprint density at radius 2 is 2.00 bits per heavy atom. The number of nitrogen functional groups attached to an aromatic ring is 1. The molecule has 1 fully saturated rings. The number of esters is 1. The van der Waals surface area contributed by atoms with Crippen LogP contribution in [0.15, 0.2) is 30.3 Å². The number of sulfone groups is 1. The predicted octanol–water partition coefficient (Wildman–Crippen LogP) is 1.07. The normalized spacial score (nSPS) is 18.4. The number of anilines is 3. The summed E-state index contributed by atoms with van der Waals surface area (Å²) in [6.07, 6.45) is 0.552. The summed E-state index contributed by atoms with van der Waals surface area (Å²) in [5.74, 6) is -0.0451. The second kappa shape index (κ2) is 7.65. The highest BCUT2D eigenvalue weighted by atomic mass is 32.2. The molecule has 3 N–H and O–H groups in total. The van der Waals surface area contributed by atoms with Crippen molar-refractivity contribution in [3.63, 3.8) is 0 Å². The van der Waals surface area contributed by atoms with E-state index in [0.29, 0.717) is 6.42 Å². The third kappa shape index (κ3) is 5.12. The molecule has 2 heterocycles. The van der Waals surface area contributed by atoms with E-state index in [2.05, 4.69) is 20.3 Å². The Morgan fingerprint density at radius 1 is 1.23 bits per heavy atom. The van der Waals surface area contributed by atoms with Crippen molar-refractivity contribution in [3.05, 3.63) is 36.2 Å². The summed E-state index contributed by atoms with van der Waals surface area (Å²) in [6.45, 7) is -0.158. The number of ether oxygens (including phenoxy) is 1. The minimum Gasteiger partial charge on any atom is -0.457 e. The summed E-state index contributed by atoms with van der Waals surface area (Å²) in [7, 11) is -3.01. The highest BCUT2D eigenvalue weighted by Gasteiger charge is 2.29. The van der Waals surface area contributed by atoms with Crippen LogP contribution in [0.2, 0.25) is 0 Å². The minimum atomic E-state index is -3.01. The first kappa shape index (κ1) is 18.1. The Morgan fingerprint density at radius 3 is 2.69 bits per heavy atom. The first-order chi connectivity index (χ1) is 12.4. The van der Waals surface area contributed by atoms with Gasteiger partial charge in [-0.05, 0) is 24.5 Å². The Bertz CT molecular complexity index is 889. The topological polar surface area (TPSA) is 137 Å². The van der Waals surface area contributed by atoms with Gasteiger partial charge in [-0.15, -0.1) is 0 Å². The van der Waals surface area contributed by atoms with Crippen LogP contribution in [0.25, 0.3) is 0 Å². The van der Waals surface area contributed by atoms with Crippen molar-refractivity contribution in [2.75, 3.05) is 22.6 Å². The molecule has 0 radical (unpaired) electrons. The third-order valence-electron chi connectivity index (χ3n) is 3.87. The van der Waals surface area contributed by atoms with E-state index in [1.54, 1.807) is 0 Å². The molecule has 0 saturated carbocycles. The second-order valence-corrected chi connectivity index (χ2v) is 8.29. The van der Waals surface area contributed by atoms with Crippen molar-refractivity contribution in [1.82, 2.24) is 15.0 Å². The molecule has 1 saturated heterocycles. The van der Waals surface area contributed by atoms with E-state index in [1.807, 2.05) is 30.3 Å². The Balaban J connectivity index is 1.57. The number of aromatic nitrogens is 3. The van der Waals surface area contributed by atoms with Crippen LogP contribution in [0, 0.1) is 5.92 Å². The van der Waals surface area contributed by atoms with Gasteiger partial charge in [0, 0.05) is 12.1 Å². The lowest BCUT2D eigenvalue weighted by Crippen LogP contribution is -2.14. The summed E-state index contributed by atoms with van der Waals surface area (Å²) < 4.78 is 28.0. The molecule has 3 rings (SSSR count). The molecule has 1 aliphatic rings. The smallest absolute Gasteiger partial charge is 0.306 e. The van der Waals surface area contributed by atoms with E-state index in [-0.39, 0.29) is 48.2 Å². The maximum Gasteiger partial charge on any atom is 0.306 e. The number of nitrogens with one attached hydrogen (secondary N) is 1. The van der Waals surface area contributed by atoms with Gasteiger partial charge in [-0.25, -0.2) is 8.42 Å². The zero-order chi connectivity index (χ0) is 18.6. The molecule has 2 aromatic rings. The van der Waals surface area contributed by atoms with Crippen molar-refractivity contribution in [3.8, 4) is 0 Å². The van der Waals surface area contributed by atoms with E-state index in [1.165, 1.54) is 0 Å². The lowest BCUT2D eigenvalue weighted by Gasteiger charge is -2.09. The Hall–Kier alpha value is -2.75. The van der Waals surface area contributed by atoms with E-state index < -0.39 is 15.8 Å². The first-order valence-corrected chi connectivity index (χ1v) is 9.90. The molecule has 1 aliphatic heterocycles. The molecular weight excluding hydrogens is 358 g/mol. The number of para-hydroxylation sites is 1. The van der Waals surface area contributed by atoms with E-state index in [9.17, 15) is 13.2 Å². The standard InChI is InChI=1S/C16H19N5O4S/c17-15-19-13(20-16(21-15)18-12-4-2-1-3-5-12)9-25-14(22)8-11-6-7-26(23,24)10-11/h1-5,11H,6-10H2,(H3,17,18,19,20,21)/t11-/m0/s1. The molecule has 0 spiro atoms. The quantitative estimate of drug-likeness (QED) is 0.708. The van der Waals surface area contributed by atoms with Gasteiger partial charge in [0.2, 0.25) is 11.9 Å². The summed E-state index contributed by atoms with van der Waals surface area (Å²) in [6, 6.07) is 9.29. The Kier molecular flexibility index (Phi) is 5.31. The maximum absolute atomic E-state index is 11.9. The molecular formula is C16H19N5O4S. The van der Waals surface area contributed by atoms with E-state index >= 15 is 0 Å². The van der Waals surface area contributed by atoms with Gasteiger partial charge in [-0.2, -0.15) is 15.0 Å². The fourth-order valence-corrected chi connectivity index (χ4v) is 4.54. The fraction of sp³-hybridized carbons (Fsp3) is 0.375. The van der Waals surface area contributed by atoms with Gasteiger partial charge >= 0.3 is 5.97 Å². The summed E-state index contributed by atoms with van der Waals surface area (Å²) in [4.78, 5) is 24.0. The molecule has 1 aromatic heterocycles. The number of hydrogen-bond acceptors (Lipinski definition) is 9. The SMILES string of the molecule is Nc1nc(COC(=O)C[C@@H]2CCS(=O)(=O)C2)nc(Nc2ccccc2)n1. The number of carbonyl (C=O) groups excluding carboxylic acids is 1.